The zero-order valence-electron chi connectivity index (χ0n) is 5.71. The smallest absolute Gasteiger partial charge is 1.00 e. The first-order chi connectivity index (χ1) is 0. The summed E-state index contributed by atoms with van der Waals surface area (Å²) in [5.74, 6) is 0. The summed E-state index contributed by atoms with van der Waals surface area (Å²) in [4.78, 5) is 0. The maximum absolute atomic E-state index is 0. The Balaban J connectivity index is 0. The van der Waals surface area contributed by atoms with Gasteiger partial charge in [0.05, 0.1) is 0 Å². The van der Waals surface area contributed by atoms with Crippen LogP contribution in [0.25, 0.3) is 0 Å². The summed E-state index contributed by atoms with van der Waals surface area (Å²) >= 11 is 0. The summed E-state index contributed by atoms with van der Waals surface area (Å²) in [6.07, 6.45) is 0. The van der Waals surface area contributed by atoms with Crippen molar-refractivity contribution in [3.05, 3.63) is 0 Å². The molecule has 4 heteroatoms. The monoisotopic (exact) mass is 102 g/mol. The first kappa shape index (κ1) is 33.2. The van der Waals surface area contributed by atoms with Crippen molar-refractivity contribution in [2.75, 3.05) is 0 Å². The van der Waals surface area contributed by atoms with Crippen LogP contribution in [-0.2, 0) is 0 Å². The van der Waals surface area contributed by atoms with E-state index in [1.165, 1.54) is 0 Å². The molecule has 4 N–H and O–H groups in total. The molecule has 0 heterocycles. The van der Waals surface area contributed by atoms with Crippen LogP contribution in [0.4, 0.5) is 0 Å². The zero-order valence-corrected chi connectivity index (χ0v) is 7.24. The van der Waals surface area contributed by atoms with Crippen molar-refractivity contribution in [1.82, 2.24) is 0 Å². The molecule has 0 aliphatic heterocycles. The molecule has 2 nitrogen and oxygen atoms in total. The van der Waals surface area contributed by atoms with Gasteiger partial charge in [-0.25, -0.2) is 0 Å². The van der Waals surface area contributed by atoms with E-state index in [1.54, 1.807) is 0 Å². The quantitative estimate of drug-likeness (QED) is 0.276. The molecule has 0 radical (unpaired) electrons. The van der Waals surface area contributed by atoms with Crippen LogP contribution in [0.3, 0.4) is 0 Å². The minimum atomic E-state index is 0. The van der Waals surface area contributed by atoms with Crippen LogP contribution in [-0.4, -0.2) is 34.0 Å². The molecule has 4 heavy (non-hydrogen) atoms. The first-order valence-corrected chi connectivity index (χ1v) is 0. The Bertz CT molecular complexity index is 12.9. The predicted molar refractivity (Wildman–Crippen MR) is 16.3 cm³/mol. The van der Waals surface area contributed by atoms with Gasteiger partial charge in [0.15, 0.2) is 0 Å². The first-order valence-electron chi connectivity index (χ1n) is 0. The molecular formula is H7KMgO2. The van der Waals surface area contributed by atoms with E-state index < -0.39 is 0 Å². The molecule has 0 saturated heterocycles. The Morgan fingerprint density at radius 2 is 1.00 bits per heavy atom. The van der Waals surface area contributed by atoms with Crippen LogP contribution in [0.2, 0.25) is 0 Å². The summed E-state index contributed by atoms with van der Waals surface area (Å²) in [5.41, 5.74) is 0. The van der Waals surface area contributed by atoms with Gasteiger partial charge in [0.25, 0.3) is 0 Å². The molecule has 0 rings (SSSR count). The van der Waals surface area contributed by atoms with Crippen LogP contribution in [0.15, 0.2) is 0 Å². The van der Waals surface area contributed by atoms with Crippen molar-refractivity contribution in [2.24, 2.45) is 0 Å². The molecule has 0 fully saturated rings. The molecule has 0 spiro atoms. The predicted octanol–water partition coefficient (Wildman–Crippen LogP) is -4.69. The Morgan fingerprint density at radius 1 is 1.00 bits per heavy atom. The fourth-order valence-electron chi connectivity index (χ4n) is 0. The normalized spacial score (nSPS) is 0. The molecule has 0 aromatic carbocycles. The van der Waals surface area contributed by atoms with E-state index in [0.717, 1.165) is 0 Å². The Kier molecular flexibility index (Phi) is 153. The summed E-state index contributed by atoms with van der Waals surface area (Å²) in [6.45, 7) is 0. The number of hydrogen-bond acceptors (Lipinski definition) is 0. The van der Waals surface area contributed by atoms with Gasteiger partial charge in [0, 0.05) is 0 Å². The van der Waals surface area contributed by atoms with Gasteiger partial charge >= 0.3 is 74.4 Å². The number of rotatable bonds is 0. The summed E-state index contributed by atoms with van der Waals surface area (Å²) in [6, 6.07) is 0. The topological polar surface area (TPSA) is 63.0 Å². The molecule has 0 saturated carbocycles. The second-order valence-corrected chi connectivity index (χ2v) is 0. The summed E-state index contributed by atoms with van der Waals surface area (Å²) in [7, 11) is 0. The van der Waals surface area contributed by atoms with Crippen LogP contribution in [0.5, 0.6) is 0 Å². The fraction of sp³-hybridized carbons (Fsp3) is 0. The van der Waals surface area contributed by atoms with Crippen LogP contribution in [0.1, 0.15) is 4.28 Å². The van der Waals surface area contributed by atoms with E-state index in [4.69, 9.17) is 0 Å². The van der Waals surface area contributed by atoms with Crippen molar-refractivity contribution in [2.45, 2.75) is 0 Å². The van der Waals surface area contributed by atoms with E-state index in [0.29, 0.717) is 0 Å². The van der Waals surface area contributed by atoms with Gasteiger partial charge in [0.1, 0.15) is 0 Å². The molecule has 0 aliphatic rings. The molecule has 0 aromatic heterocycles. The molecule has 0 atom stereocenters. The van der Waals surface area contributed by atoms with Gasteiger partial charge in [-0.15, -0.1) is 0 Å². The zero-order chi connectivity index (χ0) is 0. The van der Waals surface area contributed by atoms with Gasteiger partial charge in [0.2, 0.25) is 0 Å². The van der Waals surface area contributed by atoms with Gasteiger partial charge in [-0.2, -0.15) is 0 Å². The third-order valence-corrected chi connectivity index (χ3v) is 0. The van der Waals surface area contributed by atoms with E-state index in [1.807, 2.05) is 0 Å². The fourth-order valence-corrected chi connectivity index (χ4v) is 0. The molecule has 0 amide bonds. The average molecular weight is 102 g/mol. The van der Waals surface area contributed by atoms with Crippen molar-refractivity contribution in [3.8, 4) is 0 Å². The second-order valence-electron chi connectivity index (χ2n) is 0. The molecule has 0 bridgehead atoms. The summed E-state index contributed by atoms with van der Waals surface area (Å²) < 4.78 is 0. The summed E-state index contributed by atoms with van der Waals surface area (Å²) in [5, 5.41) is 0. The molecule has 0 aromatic rings. The molecule has 0 unspecified atom stereocenters. The van der Waals surface area contributed by atoms with Crippen molar-refractivity contribution < 1.29 is 66.6 Å². The third-order valence-electron chi connectivity index (χ3n) is 0. The van der Waals surface area contributed by atoms with Gasteiger partial charge in [-0.1, -0.05) is 0 Å². The molecule has 0 aliphatic carbocycles. The standard InChI is InChI=1S/K.Mg.2H2O.3H/h;;2*1H2;;;/q+1;+2;;;3*-1. The average Bonchev–Trinajstić information content (AvgIpc) is 0. The third kappa shape index (κ3) is 8.85. The van der Waals surface area contributed by atoms with Crippen LogP contribution < -0.4 is 51.4 Å². The van der Waals surface area contributed by atoms with Crippen molar-refractivity contribution in [1.29, 1.82) is 0 Å². The van der Waals surface area contributed by atoms with Crippen molar-refractivity contribution in [3.63, 3.8) is 0 Å². The Hall–Kier alpha value is 2.32. The Morgan fingerprint density at radius 3 is 1.00 bits per heavy atom. The Labute approximate surface area is 88.0 Å². The SMILES string of the molecule is O.O.[H-].[H-].[H-].[K+].[Mg+2]. The van der Waals surface area contributed by atoms with E-state index >= 15 is 0 Å². The largest absolute Gasteiger partial charge is 2.00 e. The molecule has 22 valence electrons. The molecular weight excluding hydrogens is 95.4 g/mol. The maximum Gasteiger partial charge on any atom is 2.00 e. The van der Waals surface area contributed by atoms with E-state index in [-0.39, 0.29) is 89.7 Å². The van der Waals surface area contributed by atoms with Crippen LogP contribution in [0, 0.1) is 0 Å². The van der Waals surface area contributed by atoms with Crippen molar-refractivity contribution >= 4 is 23.1 Å². The minimum Gasteiger partial charge on any atom is -1.00 e. The number of hydrogen-bond donors (Lipinski definition) is 0. The van der Waals surface area contributed by atoms with Gasteiger partial charge < -0.3 is 15.2 Å². The maximum atomic E-state index is 0. The van der Waals surface area contributed by atoms with Gasteiger partial charge in [-0.3, -0.25) is 0 Å². The van der Waals surface area contributed by atoms with E-state index in [2.05, 4.69) is 0 Å². The van der Waals surface area contributed by atoms with Crippen LogP contribution >= 0.6 is 0 Å². The second kappa shape index (κ2) is 18.4. The van der Waals surface area contributed by atoms with Gasteiger partial charge in [-0.05, 0) is 0 Å². The minimum absolute atomic E-state index is 0. The van der Waals surface area contributed by atoms with E-state index in [9.17, 15) is 0 Å².